The van der Waals surface area contributed by atoms with Gasteiger partial charge >= 0.3 is 0 Å². The van der Waals surface area contributed by atoms with Crippen LogP contribution in [0.15, 0.2) is 30.5 Å². The van der Waals surface area contributed by atoms with Crippen molar-refractivity contribution in [2.24, 2.45) is 0 Å². The number of anilines is 1. The Morgan fingerprint density at radius 3 is 2.87 bits per heavy atom. The smallest absolute Gasteiger partial charge is 0.226 e. The van der Waals surface area contributed by atoms with Crippen molar-refractivity contribution < 1.29 is 9.53 Å². The summed E-state index contributed by atoms with van der Waals surface area (Å²) < 4.78 is 7.88. The largest absolute Gasteiger partial charge is 0.353 e. The molecule has 3 heterocycles. The average molecular weight is 448 g/mol. The molecule has 1 aliphatic rings. The average Bonchev–Trinajstić information content (AvgIpc) is 3.37. The van der Waals surface area contributed by atoms with Gasteiger partial charge in [-0.15, -0.1) is 0 Å². The summed E-state index contributed by atoms with van der Waals surface area (Å²) in [6, 6.07) is 7.21. The van der Waals surface area contributed by atoms with Crippen LogP contribution in [0, 0.1) is 0 Å². The lowest BCUT2D eigenvalue weighted by Crippen LogP contribution is -2.26. The number of carbonyl (C=O) groups excluding carboxylic acids is 1. The third kappa shape index (κ3) is 4.02. The minimum Gasteiger partial charge on any atom is -0.353 e. The van der Waals surface area contributed by atoms with Crippen LogP contribution in [0.2, 0.25) is 10.3 Å². The van der Waals surface area contributed by atoms with Gasteiger partial charge in [-0.25, -0.2) is 4.68 Å². The highest BCUT2D eigenvalue weighted by atomic mass is 35.5. The van der Waals surface area contributed by atoms with E-state index in [0.717, 1.165) is 36.5 Å². The third-order valence-electron chi connectivity index (χ3n) is 5.57. The molecule has 1 aromatic carbocycles. The van der Waals surface area contributed by atoms with Crippen LogP contribution in [0.3, 0.4) is 0 Å². The first-order valence-electron chi connectivity index (χ1n) is 10.00. The number of aldehydes is 1. The molecule has 2 aromatic heterocycles. The van der Waals surface area contributed by atoms with Gasteiger partial charge in [0, 0.05) is 18.5 Å². The first-order valence-corrected chi connectivity index (χ1v) is 10.8. The molecule has 0 aliphatic carbocycles. The third-order valence-corrected chi connectivity index (χ3v) is 5.98. The van der Waals surface area contributed by atoms with Crippen molar-refractivity contribution in [1.82, 2.24) is 19.7 Å². The second-order valence-electron chi connectivity index (χ2n) is 7.43. The summed E-state index contributed by atoms with van der Waals surface area (Å²) in [5, 5.41) is 6.02. The molecule has 0 amide bonds. The maximum Gasteiger partial charge on any atom is 0.226 e. The molecule has 0 saturated carbocycles. The van der Waals surface area contributed by atoms with Gasteiger partial charge in [0.15, 0.2) is 11.9 Å². The zero-order valence-electron chi connectivity index (χ0n) is 16.8. The van der Waals surface area contributed by atoms with Crippen molar-refractivity contribution in [1.29, 1.82) is 0 Å². The molecule has 3 atom stereocenters. The topological polar surface area (TPSA) is 73.1 Å². The monoisotopic (exact) mass is 447 g/mol. The van der Waals surface area contributed by atoms with E-state index in [2.05, 4.69) is 22.0 Å². The highest BCUT2D eigenvalue weighted by Crippen LogP contribution is 2.36. The molecule has 0 N–H and O–H groups in total. The Labute approximate surface area is 185 Å². The number of carbonyl (C=O) groups is 1. The number of hydrogen-bond acceptors (Lipinski definition) is 6. The Morgan fingerprint density at radius 1 is 1.33 bits per heavy atom. The van der Waals surface area contributed by atoms with E-state index < -0.39 is 0 Å². The molecular weight excluding hydrogens is 425 g/mol. The zero-order valence-corrected chi connectivity index (χ0v) is 18.3. The van der Waals surface area contributed by atoms with Crippen molar-refractivity contribution in [3.63, 3.8) is 0 Å². The van der Waals surface area contributed by atoms with Crippen molar-refractivity contribution in [2.45, 2.75) is 51.0 Å². The van der Waals surface area contributed by atoms with Gasteiger partial charge in [-0.05, 0) is 48.6 Å². The Hall–Kier alpha value is -2.22. The number of rotatable bonds is 7. The van der Waals surface area contributed by atoms with Gasteiger partial charge in [0.05, 0.1) is 23.7 Å². The van der Waals surface area contributed by atoms with Crippen LogP contribution in [0.5, 0.6) is 0 Å². The minimum atomic E-state index is -0.258. The molecule has 4 rings (SSSR count). The number of hydrogen-bond donors (Lipinski definition) is 0. The van der Waals surface area contributed by atoms with Crippen LogP contribution in [-0.4, -0.2) is 39.2 Å². The molecule has 1 saturated heterocycles. The second-order valence-corrected chi connectivity index (χ2v) is 8.20. The first-order chi connectivity index (χ1) is 14.5. The van der Waals surface area contributed by atoms with Crippen molar-refractivity contribution >= 4 is 46.3 Å². The van der Waals surface area contributed by atoms with Crippen molar-refractivity contribution in [2.75, 3.05) is 11.9 Å². The molecule has 1 aliphatic heterocycles. The fraction of sp³-hybridized carbons (Fsp3) is 0.429. The molecule has 1 fully saturated rings. The summed E-state index contributed by atoms with van der Waals surface area (Å²) in [5.74, 6) is 0.605. The predicted octanol–water partition coefficient (Wildman–Crippen LogP) is 4.99. The van der Waals surface area contributed by atoms with Crippen LogP contribution < -0.4 is 4.90 Å². The molecule has 0 radical (unpaired) electrons. The molecule has 0 spiro atoms. The summed E-state index contributed by atoms with van der Waals surface area (Å²) in [6.45, 7) is 2.11. The Morgan fingerprint density at radius 2 is 2.17 bits per heavy atom. The molecule has 3 aromatic rings. The number of fused-ring (bicyclic) bond motifs is 1. The van der Waals surface area contributed by atoms with E-state index in [1.54, 1.807) is 16.9 Å². The molecule has 0 bridgehead atoms. The Bertz CT molecular complexity index is 1060. The molecule has 9 heteroatoms. The van der Waals surface area contributed by atoms with Gasteiger partial charge in [-0.3, -0.25) is 0 Å². The number of halogens is 2. The van der Waals surface area contributed by atoms with E-state index in [1.165, 1.54) is 0 Å². The van der Waals surface area contributed by atoms with Gasteiger partial charge in [0.2, 0.25) is 5.28 Å². The Kier molecular flexibility index (Phi) is 6.22. The molecular formula is C21H23Cl2N5O2. The van der Waals surface area contributed by atoms with E-state index in [0.29, 0.717) is 16.5 Å². The SMILES string of the molecule is CCC1CCC(n2ncc3c(N(C)[C@H](CC=O)c4cccc(Cl)c4)nc(Cl)nc32)O1. The number of aromatic nitrogens is 4. The van der Waals surface area contributed by atoms with Gasteiger partial charge in [0.1, 0.15) is 12.1 Å². The molecule has 30 heavy (non-hydrogen) atoms. The van der Waals surface area contributed by atoms with Crippen LogP contribution in [0.1, 0.15) is 50.4 Å². The van der Waals surface area contributed by atoms with Gasteiger partial charge in [0.25, 0.3) is 0 Å². The van der Waals surface area contributed by atoms with E-state index in [-0.39, 0.29) is 30.1 Å². The van der Waals surface area contributed by atoms with Crippen LogP contribution in [0.4, 0.5) is 5.82 Å². The fourth-order valence-corrected chi connectivity index (χ4v) is 4.36. The first kappa shape index (κ1) is 21.0. The predicted molar refractivity (Wildman–Crippen MR) is 117 cm³/mol. The Balaban J connectivity index is 1.75. The highest BCUT2D eigenvalue weighted by Gasteiger charge is 2.29. The molecule has 2 unspecified atom stereocenters. The van der Waals surface area contributed by atoms with E-state index in [9.17, 15) is 4.79 Å². The standard InChI is InChI=1S/C21H23Cl2N5O2/c1-3-15-7-8-18(30-15)28-20-16(12-24-28)19(25-21(23)26-20)27(2)17(9-10-29)13-5-4-6-14(22)11-13/h4-6,10-12,15,17-18H,3,7-9H2,1-2H3/t15?,17-,18?/m1/s1. The zero-order chi connectivity index (χ0) is 21.3. The number of ether oxygens (including phenoxy) is 1. The molecule has 158 valence electrons. The van der Waals surface area contributed by atoms with E-state index in [4.69, 9.17) is 27.9 Å². The van der Waals surface area contributed by atoms with Gasteiger partial charge < -0.3 is 14.4 Å². The number of benzene rings is 1. The maximum absolute atomic E-state index is 11.4. The van der Waals surface area contributed by atoms with Crippen LogP contribution in [-0.2, 0) is 9.53 Å². The second kappa shape index (κ2) is 8.88. The van der Waals surface area contributed by atoms with E-state index >= 15 is 0 Å². The highest BCUT2D eigenvalue weighted by molar-refractivity contribution is 6.30. The summed E-state index contributed by atoms with van der Waals surface area (Å²) in [6.07, 6.45) is 5.79. The summed E-state index contributed by atoms with van der Waals surface area (Å²) >= 11 is 12.5. The molecule has 7 nitrogen and oxygen atoms in total. The van der Waals surface area contributed by atoms with Crippen LogP contribution in [0.25, 0.3) is 11.0 Å². The lowest BCUT2D eigenvalue weighted by Gasteiger charge is -2.29. The quantitative estimate of drug-likeness (QED) is 0.375. The summed E-state index contributed by atoms with van der Waals surface area (Å²) in [5.41, 5.74) is 1.53. The van der Waals surface area contributed by atoms with Gasteiger partial charge in [-0.1, -0.05) is 30.7 Å². The number of nitrogens with zero attached hydrogens (tertiary/aromatic N) is 5. The summed E-state index contributed by atoms with van der Waals surface area (Å²) in [4.78, 5) is 22.2. The fourth-order valence-electron chi connectivity index (χ4n) is 4.00. The maximum atomic E-state index is 11.4. The minimum absolute atomic E-state index is 0.118. The van der Waals surface area contributed by atoms with Crippen molar-refractivity contribution in [3.8, 4) is 0 Å². The lowest BCUT2D eigenvalue weighted by atomic mass is 10.0. The summed E-state index contributed by atoms with van der Waals surface area (Å²) in [7, 11) is 1.88. The normalized spacial score (nSPS) is 19.9. The van der Waals surface area contributed by atoms with Crippen molar-refractivity contribution in [3.05, 3.63) is 46.3 Å². The van der Waals surface area contributed by atoms with Gasteiger partial charge in [-0.2, -0.15) is 15.1 Å². The lowest BCUT2D eigenvalue weighted by molar-refractivity contribution is -0.108. The van der Waals surface area contributed by atoms with Crippen LogP contribution >= 0.6 is 23.2 Å². The van der Waals surface area contributed by atoms with E-state index in [1.807, 2.05) is 30.1 Å².